The molecule has 1 aliphatic rings. The number of ether oxygens (including phenoxy) is 1. The highest BCUT2D eigenvalue weighted by Crippen LogP contribution is 2.21. The maximum absolute atomic E-state index is 5.73. The van der Waals surface area contributed by atoms with Gasteiger partial charge in [-0.25, -0.2) is 4.98 Å². The predicted molar refractivity (Wildman–Crippen MR) is 74.1 cm³/mol. The number of aryl methyl sites for hydroxylation is 2. The molecule has 0 spiro atoms. The molecule has 0 aliphatic heterocycles. The lowest BCUT2D eigenvalue weighted by atomic mass is 10.1. The molecule has 1 aliphatic carbocycles. The summed E-state index contributed by atoms with van der Waals surface area (Å²) in [7, 11) is 0. The van der Waals surface area contributed by atoms with Crippen LogP contribution in [0.5, 0.6) is 5.88 Å². The molecule has 2 aromatic rings. The molecule has 3 rings (SSSR count). The van der Waals surface area contributed by atoms with Gasteiger partial charge in [0.25, 0.3) is 0 Å². The molecule has 0 bridgehead atoms. The van der Waals surface area contributed by atoms with Gasteiger partial charge in [-0.1, -0.05) is 18.6 Å². The highest BCUT2D eigenvalue weighted by atomic mass is 16.5. The van der Waals surface area contributed by atoms with Gasteiger partial charge < -0.3 is 4.74 Å². The highest BCUT2D eigenvalue weighted by molar-refractivity contribution is 5.27. The van der Waals surface area contributed by atoms with Crippen molar-refractivity contribution in [2.75, 3.05) is 0 Å². The van der Waals surface area contributed by atoms with Gasteiger partial charge in [-0.05, 0) is 43.4 Å². The number of rotatable bonds is 3. The number of fused-ring (bicyclic) bond motifs is 1. The number of aromatic nitrogens is 2. The van der Waals surface area contributed by atoms with Gasteiger partial charge in [-0.15, -0.1) is 0 Å². The number of hydrogen-bond donors (Lipinski definition) is 0. The standard InChI is InChI=1S/C16H18N2O/c1-2-6-13-9-10-16(18-15(13)8-3-1)19-12-14-7-4-5-11-17-14/h4-5,7,9-11H,1-3,6,8,12H2. The van der Waals surface area contributed by atoms with E-state index in [9.17, 15) is 0 Å². The maximum Gasteiger partial charge on any atom is 0.213 e. The second-order valence-corrected chi connectivity index (χ2v) is 4.93. The summed E-state index contributed by atoms with van der Waals surface area (Å²) in [5.74, 6) is 0.714. The van der Waals surface area contributed by atoms with Gasteiger partial charge in [0.2, 0.25) is 5.88 Å². The molecular formula is C16H18N2O. The van der Waals surface area contributed by atoms with Crippen LogP contribution in [0, 0.1) is 0 Å². The van der Waals surface area contributed by atoms with E-state index in [1.165, 1.54) is 30.5 Å². The van der Waals surface area contributed by atoms with Gasteiger partial charge in [0.15, 0.2) is 0 Å². The topological polar surface area (TPSA) is 35.0 Å². The van der Waals surface area contributed by atoms with E-state index in [4.69, 9.17) is 4.74 Å². The Morgan fingerprint density at radius 2 is 1.95 bits per heavy atom. The summed E-state index contributed by atoms with van der Waals surface area (Å²) >= 11 is 0. The van der Waals surface area contributed by atoms with Gasteiger partial charge in [0, 0.05) is 18.0 Å². The molecule has 0 saturated heterocycles. The summed E-state index contributed by atoms with van der Waals surface area (Å²) in [6.45, 7) is 0.479. The summed E-state index contributed by atoms with van der Waals surface area (Å²) in [4.78, 5) is 8.88. The second kappa shape index (κ2) is 5.83. The molecule has 0 aromatic carbocycles. The molecule has 0 N–H and O–H groups in total. The number of pyridine rings is 2. The summed E-state index contributed by atoms with van der Waals surface area (Å²) in [6, 6.07) is 9.98. The Labute approximate surface area is 113 Å². The molecule has 98 valence electrons. The van der Waals surface area contributed by atoms with E-state index in [0.29, 0.717) is 12.5 Å². The lowest BCUT2D eigenvalue weighted by Gasteiger charge is -2.09. The summed E-state index contributed by atoms with van der Waals surface area (Å²) in [5, 5.41) is 0. The van der Waals surface area contributed by atoms with Crippen LogP contribution in [0.4, 0.5) is 0 Å². The van der Waals surface area contributed by atoms with Crippen molar-refractivity contribution in [2.24, 2.45) is 0 Å². The summed E-state index contributed by atoms with van der Waals surface area (Å²) < 4.78 is 5.73. The van der Waals surface area contributed by atoms with E-state index in [-0.39, 0.29) is 0 Å². The zero-order chi connectivity index (χ0) is 12.9. The summed E-state index contributed by atoms with van der Waals surface area (Å²) in [5.41, 5.74) is 3.54. The largest absolute Gasteiger partial charge is 0.471 e. The first kappa shape index (κ1) is 12.2. The van der Waals surface area contributed by atoms with Crippen molar-refractivity contribution in [2.45, 2.75) is 38.7 Å². The monoisotopic (exact) mass is 254 g/mol. The van der Waals surface area contributed by atoms with Crippen LogP contribution in [0.2, 0.25) is 0 Å². The third kappa shape index (κ3) is 3.11. The van der Waals surface area contributed by atoms with Gasteiger partial charge in [-0.2, -0.15) is 0 Å². The van der Waals surface area contributed by atoms with Crippen LogP contribution in [-0.2, 0) is 19.4 Å². The van der Waals surface area contributed by atoms with Crippen LogP contribution in [0.3, 0.4) is 0 Å². The molecule has 0 atom stereocenters. The lowest BCUT2D eigenvalue weighted by Crippen LogP contribution is -2.02. The van der Waals surface area contributed by atoms with Crippen molar-refractivity contribution in [3.8, 4) is 5.88 Å². The van der Waals surface area contributed by atoms with Crippen molar-refractivity contribution in [3.05, 3.63) is 53.5 Å². The van der Waals surface area contributed by atoms with E-state index in [2.05, 4.69) is 16.0 Å². The minimum atomic E-state index is 0.479. The fraction of sp³-hybridized carbons (Fsp3) is 0.375. The minimum absolute atomic E-state index is 0.479. The van der Waals surface area contributed by atoms with Gasteiger partial charge in [0.1, 0.15) is 6.61 Å². The van der Waals surface area contributed by atoms with Gasteiger partial charge >= 0.3 is 0 Å². The molecule has 0 radical (unpaired) electrons. The maximum atomic E-state index is 5.73. The van der Waals surface area contributed by atoms with E-state index >= 15 is 0 Å². The van der Waals surface area contributed by atoms with Crippen molar-refractivity contribution in [3.63, 3.8) is 0 Å². The smallest absolute Gasteiger partial charge is 0.213 e. The molecule has 3 nitrogen and oxygen atoms in total. The van der Waals surface area contributed by atoms with Crippen LogP contribution in [0.15, 0.2) is 36.5 Å². The third-order valence-corrected chi connectivity index (χ3v) is 3.50. The van der Waals surface area contributed by atoms with E-state index in [0.717, 1.165) is 18.5 Å². The first-order valence-corrected chi connectivity index (χ1v) is 6.93. The number of nitrogens with zero attached hydrogens (tertiary/aromatic N) is 2. The Bertz CT molecular complexity index is 540. The predicted octanol–water partition coefficient (Wildman–Crippen LogP) is 3.32. The Hall–Kier alpha value is -1.90. The number of hydrogen-bond acceptors (Lipinski definition) is 3. The van der Waals surface area contributed by atoms with Crippen molar-refractivity contribution < 1.29 is 4.74 Å². The first-order chi connectivity index (χ1) is 9.42. The molecule has 2 aromatic heterocycles. The van der Waals surface area contributed by atoms with Crippen molar-refractivity contribution >= 4 is 0 Å². The lowest BCUT2D eigenvalue weighted by molar-refractivity contribution is 0.288. The first-order valence-electron chi connectivity index (χ1n) is 6.93. The third-order valence-electron chi connectivity index (χ3n) is 3.50. The van der Waals surface area contributed by atoms with E-state index in [1.807, 2.05) is 24.3 Å². The Kier molecular flexibility index (Phi) is 3.73. The molecule has 0 saturated carbocycles. The quantitative estimate of drug-likeness (QED) is 0.788. The molecule has 3 heteroatoms. The van der Waals surface area contributed by atoms with Crippen molar-refractivity contribution in [1.29, 1.82) is 0 Å². The molecule has 0 unspecified atom stereocenters. The van der Waals surface area contributed by atoms with Crippen LogP contribution in [0.25, 0.3) is 0 Å². The normalized spacial score (nSPS) is 14.5. The summed E-state index contributed by atoms with van der Waals surface area (Å²) in [6.07, 6.45) is 7.84. The molecule has 19 heavy (non-hydrogen) atoms. The van der Waals surface area contributed by atoms with Crippen LogP contribution >= 0.6 is 0 Å². The van der Waals surface area contributed by atoms with E-state index in [1.54, 1.807) is 6.20 Å². The van der Waals surface area contributed by atoms with Gasteiger partial charge in [0.05, 0.1) is 5.69 Å². The van der Waals surface area contributed by atoms with Crippen molar-refractivity contribution in [1.82, 2.24) is 9.97 Å². The van der Waals surface area contributed by atoms with Crippen LogP contribution in [0.1, 0.15) is 36.2 Å². The Morgan fingerprint density at radius 1 is 1.00 bits per heavy atom. The van der Waals surface area contributed by atoms with Crippen LogP contribution < -0.4 is 4.74 Å². The average molecular weight is 254 g/mol. The average Bonchev–Trinajstić information content (AvgIpc) is 2.71. The fourth-order valence-electron chi connectivity index (χ4n) is 2.45. The Morgan fingerprint density at radius 3 is 2.84 bits per heavy atom. The molecule has 0 fully saturated rings. The molecule has 0 amide bonds. The zero-order valence-corrected chi connectivity index (χ0v) is 11.0. The SMILES string of the molecule is c1ccc(COc2ccc3c(n2)CCCCC3)nc1. The van der Waals surface area contributed by atoms with Crippen LogP contribution in [-0.4, -0.2) is 9.97 Å². The Balaban J connectivity index is 1.70. The molecule has 2 heterocycles. The van der Waals surface area contributed by atoms with Gasteiger partial charge in [-0.3, -0.25) is 4.98 Å². The zero-order valence-electron chi connectivity index (χ0n) is 11.0. The highest BCUT2D eigenvalue weighted by Gasteiger charge is 2.10. The molecular weight excluding hydrogens is 236 g/mol. The fourth-order valence-corrected chi connectivity index (χ4v) is 2.45. The second-order valence-electron chi connectivity index (χ2n) is 4.93. The van der Waals surface area contributed by atoms with E-state index < -0.39 is 0 Å². The minimum Gasteiger partial charge on any atom is -0.471 e.